The molecule has 2 aromatic rings. The van der Waals surface area contributed by atoms with Crippen LogP contribution in [0.3, 0.4) is 0 Å². The van der Waals surface area contributed by atoms with E-state index in [1.165, 1.54) is 24.5 Å². The molecule has 0 saturated heterocycles. The summed E-state index contributed by atoms with van der Waals surface area (Å²) in [5.41, 5.74) is 1.96. The van der Waals surface area contributed by atoms with E-state index in [9.17, 15) is 9.59 Å². The number of thiophene rings is 1. The summed E-state index contributed by atoms with van der Waals surface area (Å²) in [6.45, 7) is 7.27. The maximum Gasteiger partial charge on any atom is 0.337 e. The minimum absolute atomic E-state index is 0.258. The Kier molecular flexibility index (Phi) is 8.10. The predicted octanol–water partition coefficient (Wildman–Crippen LogP) is 4.58. The molecule has 1 aromatic carbocycles. The number of carbonyl (C=O) groups is 2. The maximum absolute atomic E-state index is 12.6. The van der Waals surface area contributed by atoms with Gasteiger partial charge in [0, 0.05) is 24.2 Å². The molecule has 0 aliphatic rings. The molecule has 0 fully saturated rings. The van der Waals surface area contributed by atoms with Crippen molar-refractivity contribution in [3.05, 3.63) is 44.1 Å². The van der Waals surface area contributed by atoms with Crippen LogP contribution < -0.4 is 5.32 Å². The summed E-state index contributed by atoms with van der Waals surface area (Å²) in [7, 11) is 1.30. The van der Waals surface area contributed by atoms with Gasteiger partial charge in [0.15, 0.2) is 0 Å². The summed E-state index contributed by atoms with van der Waals surface area (Å²) in [4.78, 5) is 26.8. The quantitative estimate of drug-likeness (QED) is 0.624. The van der Waals surface area contributed by atoms with Crippen LogP contribution in [0.5, 0.6) is 0 Å². The number of hydrogen-bond donors (Lipinski definition) is 1. The molecule has 1 N–H and O–H groups in total. The van der Waals surface area contributed by atoms with Gasteiger partial charge in [0.1, 0.15) is 4.34 Å². The van der Waals surface area contributed by atoms with Crippen molar-refractivity contribution in [2.75, 3.05) is 33.3 Å². The Morgan fingerprint density at radius 3 is 2.33 bits per heavy atom. The molecule has 0 bridgehead atoms. The van der Waals surface area contributed by atoms with Crippen molar-refractivity contribution < 1.29 is 14.3 Å². The minimum atomic E-state index is -0.522. The molecule has 0 spiro atoms. The first kappa shape index (κ1) is 21.7. The second-order valence-electron chi connectivity index (χ2n) is 5.81. The van der Waals surface area contributed by atoms with Crippen LogP contribution in [0.1, 0.15) is 34.6 Å². The average molecular weight is 429 g/mol. The van der Waals surface area contributed by atoms with E-state index in [2.05, 4.69) is 24.1 Å². The summed E-state index contributed by atoms with van der Waals surface area (Å²) < 4.78 is 5.83. The number of carbonyl (C=O) groups excluding carboxylic acids is 2. The van der Waals surface area contributed by atoms with E-state index in [1.54, 1.807) is 18.2 Å². The lowest BCUT2D eigenvalue weighted by Gasteiger charge is -2.18. The van der Waals surface area contributed by atoms with Gasteiger partial charge >= 0.3 is 5.97 Å². The normalized spacial score (nSPS) is 10.9. The molecule has 5 nitrogen and oxygen atoms in total. The molecular formula is C19H22Cl2N2O3S. The molecule has 8 heteroatoms. The Labute approximate surface area is 173 Å². The second kappa shape index (κ2) is 10.1. The van der Waals surface area contributed by atoms with Crippen LogP contribution in [0.4, 0.5) is 0 Å². The Hall–Kier alpha value is -1.60. The summed E-state index contributed by atoms with van der Waals surface area (Å²) >= 11 is 13.5. The van der Waals surface area contributed by atoms with Crippen LogP contribution in [-0.4, -0.2) is 50.1 Å². The predicted molar refractivity (Wildman–Crippen MR) is 111 cm³/mol. The smallest absolute Gasteiger partial charge is 0.337 e. The molecule has 27 heavy (non-hydrogen) atoms. The van der Waals surface area contributed by atoms with Crippen molar-refractivity contribution in [1.29, 1.82) is 0 Å². The van der Waals surface area contributed by atoms with E-state index in [0.29, 0.717) is 31.9 Å². The zero-order chi connectivity index (χ0) is 20.0. The molecule has 1 heterocycles. The van der Waals surface area contributed by atoms with Crippen LogP contribution in [0, 0.1) is 0 Å². The number of benzene rings is 1. The Morgan fingerprint density at radius 2 is 1.78 bits per heavy atom. The number of nitrogens with one attached hydrogen (secondary N) is 1. The SMILES string of the molecule is CCN(CC)CCNC(=O)c1cc(C(=O)OC)cc(-c2cc(Cl)sc2Cl)c1. The highest BCUT2D eigenvalue weighted by molar-refractivity contribution is 7.20. The van der Waals surface area contributed by atoms with Crippen molar-refractivity contribution >= 4 is 46.4 Å². The van der Waals surface area contributed by atoms with Crippen LogP contribution in [0.25, 0.3) is 11.1 Å². The highest BCUT2D eigenvalue weighted by Crippen LogP contribution is 2.38. The van der Waals surface area contributed by atoms with E-state index in [0.717, 1.165) is 19.6 Å². The van der Waals surface area contributed by atoms with Gasteiger partial charge in [-0.05, 0) is 42.9 Å². The van der Waals surface area contributed by atoms with Gasteiger partial charge in [-0.1, -0.05) is 37.0 Å². The Morgan fingerprint density at radius 1 is 1.11 bits per heavy atom. The van der Waals surface area contributed by atoms with Gasteiger partial charge in [-0.15, -0.1) is 11.3 Å². The first-order valence-electron chi connectivity index (χ1n) is 8.58. The van der Waals surface area contributed by atoms with Crippen molar-refractivity contribution in [2.45, 2.75) is 13.8 Å². The van der Waals surface area contributed by atoms with E-state index in [4.69, 9.17) is 27.9 Å². The number of rotatable bonds is 8. The molecule has 146 valence electrons. The third-order valence-electron chi connectivity index (χ3n) is 4.19. The number of halogens is 2. The fourth-order valence-corrected chi connectivity index (χ4v) is 4.16. The van der Waals surface area contributed by atoms with E-state index < -0.39 is 5.97 Å². The van der Waals surface area contributed by atoms with Crippen LogP contribution in [0.15, 0.2) is 24.3 Å². The van der Waals surface area contributed by atoms with Crippen LogP contribution >= 0.6 is 34.5 Å². The largest absolute Gasteiger partial charge is 0.465 e. The summed E-state index contributed by atoms with van der Waals surface area (Å²) in [5.74, 6) is -0.780. The lowest BCUT2D eigenvalue weighted by atomic mass is 10.0. The number of amides is 1. The number of ether oxygens (including phenoxy) is 1. The molecule has 0 radical (unpaired) electrons. The fourth-order valence-electron chi connectivity index (χ4n) is 2.66. The average Bonchev–Trinajstić information content (AvgIpc) is 3.02. The van der Waals surface area contributed by atoms with E-state index in [1.807, 2.05) is 0 Å². The molecule has 0 saturated carbocycles. The fraction of sp³-hybridized carbons (Fsp3) is 0.368. The third-order valence-corrected chi connectivity index (χ3v) is 5.68. The van der Waals surface area contributed by atoms with E-state index >= 15 is 0 Å². The van der Waals surface area contributed by atoms with Gasteiger partial charge in [-0.2, -0.15) is 0 Å². The van der Waals surface area contributed by atoms with Crippen molar-refractivity contribution in [1.82, 2.24) is 10.2 Å². The monoisotopic (exact) mass is 428 g/mol. The standard InChI is InChI=1S/C19H22Cl2N2O3S/c1-4-23(5-2)7-6-22-18(24)13-8-12(9-14(10-13)19(25)26-3)15-11-16(20)27-17(15)21/h8-11H,4-7H2,1-3H3,(H,22,24). The van der Waals surface area contributed by atoms with Gasteiger partial charge in [-0.25, -0.2) is 4.79 Å². The molecule has 0 unspecified atom stereocenters. The third kappa shape index (κ3) is 5.69. The Bertz CT molecular complexity index is 819. The van der Waals surface area contributed by atoms with Crippen LogP contribution in [-0.2, 0) is 4.74 Å². The second-order valence-corrected chi connectivity index (χ2v) is 8.10. The molecule has 0 atom stereocenters. The molecular weight excluding hydrogens is 407 g/mol. The van der Waals surface area contributed by atoms with Gasteiger partial charge in [0.05, 0.1) is 17.0 Å². The first-order chi connectivity index (χ1) is 12.9. The highest BCUT2D eigenvalue weighted by atomic mass is 35.5. The summed E-state index contributed by atoms with van der Waals surface area (Å²) in [6, 6.07) is 6.57. The lowest BCUT2D eigenvalue weighted by molar-refractivity contribution is 0.0601. The first-order valence-corrected chi connectivity index (χ1v) is 10.2. The number of hydrogen-bond acceptors (Lipinski definition) is 5. The molecule has 0 aliphatic heterocycles. The molecule has 2 rings (SSSR count). The number of likely N-dealkylation sites (N-methyl/N-ethyl adjacent to an activating group) is 1. The van der Waals surface area contributed by atoms with Gasteiger partial charge in [-0.3, -0.25) is 4.79 Å². The number of esters is 1. The topological polar surface area (TPSA) is 58.6 Å². The van der Waals surface area contributed by atoms with Crippen molar-refractivity contribution in [3.8, 4) is 11.1 Å². The maximum atomic E-state index is 12.6. The Balaban J connectivity index is 2.29. The lowest BCUT2D eigenvalue weighted by Crippen LogP contribution is -2.34. The molecule has 1 aromatic heterocycles. The summed E-state index contributed by atoms with van der Waals surface area (Å²) in [5, 5.41) is 2.89. The number of nitrogens with zero attached hydrogens (tertiary/aromatic N) is 1. The van der Waals surface area contributed by atoms with Gasteiger partial charge < -0.3 is 15.0 Å². The minimum Gasteiger partial charge on any atom is -0.465 e. The van der Waals surface area contributed by atoms with Gasteiger partial charge in [0.2, 0.25) is 0 Å². The van der Waals surface area contributed by atoms with Crippen molar-refractivity contribution in [2.24, 2.45) is 0 Å². The van der Waals surface area contributed by atoms with E-state index in [-0.39, 0.29) is 11.5 Å². The van der Waals surface area contributed by atoms with Crippen LogP contribution in [0.2, 0.25) is 8.67 Å². The molecule has 0 aliphatic carbocycles. The summed E-state index contributed by atoms with van der Waals surface area (Å²) in [6.07, 6.45) is 0. The highest BCUT2D eigenvalue weighted by Gasteiger charge is 2.17. The zero-order valence-electron chi connectivity index (χ0n) is 15.5. The number of methoxy groups -OCH3 is 1. The van der Waals surface area contributed by atoms with Crippen molar-refractivity contribution in [3.63, 3.8) is 0 Å². The molecule has 1 amide bonds. The van der Waals surface area contributed by atoms with Gasteiger partial charge in [0.25, 0.3) is 5.91 Å². The zero-order valence-corrected chi connectivity index (χ0v) is 17.8.